The van der Waals surface area contributed by atoms with Crippen molar-refractivity contribution < 1.29 is 22.7 Å². The molecule has 0 aliphatic heterocycles. The van der Waals surface area contributed by atoms with Gasteiger partial charge in [-0.3, -0.25) is 4.79 Å². The maximum atomic E-state index is 12.6. The second-order valence-electron chi connectivity index (χ2n) is 6.63. The lowest BCUT2D eigenvalue weighted by Gasteiger charge is -2.21. The Morgan fingerprint density at radius 3 is 2.24 bits per heavy atom. The van der Waals surface area contributed by atoms with E-state index in [1.807, 2.05) is 25.1 Å². The summed E-state index contributed by atoms with van der Waals surface area (Å²) in [5.41, 5.74) is 2.43. The molecule has 0 N–H and O–H groups in total. The lowest BCUT2D eigenvalue weighted by atomic mass is 10.1. The van der Waals surface area contributed by atoms with Crippen LogP contribution < -0.4 is 4.90 Å². The van der Waals surface area contributed by atoms with Crippen molar-refractivity contribution >= 4 is 27.4 Å². The fraction of sp³-hybridized carbons (Fsp3) is 0.286. The van der Waals surface area contributed by atoms with Crippen molar-refractivity contribution in [3.63, 3.8) is 0 Å². The molecule has 2 aromatic carbocycles. The molecule has 0 aliphatic rings. The maximum absolute atomic E-state index is 12.6. The third kappa shape index (κ3) is 7.05. The van der Waals surface area contributed by atoms with E-state index in [0.717, 1.165) is 11.8 Å². The zero-order valence-corrected chi connectivity index (χ0v) is 17.1. The molecule has 1 amide bonds. The molecule has 0 unspecified atom stereocenters. The van der Waals surface area contributed by atoms with Crippen LogP contribution in [0.1, 0.15) is 27.9 Å². The number of benzene rings is 2. The first-order valence-corrected chi connectivity index (χ1v) is 10.9. The Morgan fingerprint density at radius 1 is 1.07 bits per heavy atom. The fourth-order valence-corrected chi connectivity index (χ4v) is 3.41. The third-order valence-electron chi connectivity index (χ3n) is 4.04. The summed E-state index contributed by atoms with van der Waals surface area (Å²) in [6, 6.07) is 15.2. The zero-order valence-electron chi connectivity index (χ0n) is 16.3. The van der Waals surface area contributed by atoms with Gasteiger partial charge in [0.1, 0.15) is 0 Å². The van der Waals surface area contributed by atoms with Gasteiger partial charge in [-0.15, -0.1) is 0 Å². The summed E-state index contributed by atoms with van der Waals surface area (Å²) in [5.74, 6) is -1.25. The van der Waals surface area contributed by atoms with Gasteiger partial charge in [0.2, 0.25) is 0 Å². The second kappa shape index (κ2) is 9.85. The standard InChI is InChI=1S/C21H22N2O5S/c1-16-4-10-19(11-5-16)23(13-3-12-22)20(24)14-28-21(25)18-8-6-17(7-9-18)15-29(2,26)27/h4-11H,3,13-15H2,1-2H3. The molecule has 0 bridgehead atoms. The van der Waals surface area contributed by atoms with Crippen LogP contribution in [0, 0.1) is 18.3 Å². The smallest absolute Gasteiger partial charge is 0.338 e. The number of amides is 1. The van der Waals surface area contributed by atoms with E-state index in [0.29, 0.717) is 11.3 Å². The van der Waals surface area contributed by atoms with Crippen molar-refractivity contribution in [3.05, 3.63) is 65.2 Å². The molecule has 0 saturated carbocycles. The van der Waals surface area contributed by atoms with Crippen molar-refractivity contribution in [1.82, 2.24) is 0 Å². The summed E-state index contributed by atoms with van der Waals surface area (Å²) in [6.07, 6.45) is 1.28. The number of rotatable bonds is 8. The minimum atomic E-state index is -3.17. The number of ether oxygens (including phenoxy) is 1. The number of carbonyl (C=O) groups excluding carboxylic acids is 2. The van der Waals surface area contributed by atoms with Crippen LogP contribution in [-0.4, -0.2) is 39.7 Å². The van der Waals surface area contributed by atoms with Crippen LogP contribution in [0.4, 0.5) is 5.69 Å². The van der Waals surface area contributed by atoms with Gasteiger partial charge in [-0.1, -0.05) is 29.8 Å². The summed E-state index contributed by atoms with van der Waals surface area (Å²) in [7, 11) is -3.17. The van der Waals surface area contributed by atoms with Crippen molar-refractivity contribution in [2.24, 2.45) is 0 Å². The molecule has 0 aliphatic carbocycles. The Kier molecular flexibility index (Phi) is 7.51. The number of aryl methyl sites for hydroxylation is 1. The first kappa shape index (κ1) is 22.1. The van der Waals surface area contributed by atoms with E-state index in [1.54, 1.807) is 12.1 Å². The van der Waals surface area contributed by atoms with E-state index in [1.165, 1.54) is 29.2 Å². The van der Waals surface area contributed by atoms with Crippen LogP contribution in [0.5, 0.6) is 0 Å². The first-order valence-electron chi connectivity index (χ1n) is 8.87. The highest BCUT2D eigenvalue weighted by Crippen LogP contribution is 2.16. The van der Waals surface area contributed by atoms with Crippen LogP contribution in [0.3, 0.4) is 0 Å². The molecule has 29 heavy (non-hydrogen) atoms. The van der Waals surface area contributed by atoms with E-state index in [4.69, 9.17) is 10.00 Å². The third-order valence-corrected chi connectivity index (χ3v) is 4.90. The summed E-state index contributed by atoms with van der Waals surface area (Å²) in [6.45, 7) is 1.65. The minimum absolute atomic E-state index is 0.120. The second-order valence-corrected chi connectivity index (χ2v) is 8.77. The Labute approximate surface area is 170 Å². The Balaban J connectivity index is 2.02. The predicted octanol–water partition coefficient (Wildman–Crippen LogP) is 2.64. The largest absolute Gasteiger partial charge is 0.452 e. The van der Waals surface area contributed by atoms with Crippen molar-refractivity contribution in [1.29, 1.82) is 5.26 Å². The van der Waals surface area contributed by atoms with Gasteiger partial charge in [0, 0.05) is 18.5 Å². The molecule has 2 aromatic rings. The van der Waals surface area contributed by atoms with Crippen molar-refractivity contribution in [2.75, 3.05) is 24.3 Å². The van der Waals surface area contributed by atoms with Crippen LogP contribution in [0.2, 0.25) is 0 Å². The van der Waals surface area contributed by atoms with Gasteiger partial charge < -0.3 is 9.64 Å². The van der Waals surface area contributed by atoms with Gasteiger partial charge in [-0.25, -0.2) is 13.2 Å². The number of sulfone groups is 1. The molecular formula is C21H22N2O5S. The number of hydrogen-bond donors (Lipinski definition) is 0. The summed E-state index contributed by atoms with van der Waals surface area (Å²) >= 11 is 0. The number of carbonyl (C=O) groups is 2. The highest BCUT2D eigenvalue weighted by atomic mass is 32.2. The Morgan fingerprint density at radius 2 is 1.69 bits per heavy atom. The highest BCUT2D eigenvalue weighted by molar-refractivity contribution is 7.89. The number of nitriles is 1. The van der Waals surface area contributed by atoms with E-state index in [-0.39, 0.29) is 24.3 Å². The fourth-order valence-electron chi connectivity index (χ4n) is 2.61. The van der Waals surface area contributed by atoms with E-state index in [9.17, 15) is 18.0 Å². The average Bonchev–Trinajstić information content (AvgIpc) is 2.67. The van der Waals surface area contributed by atoms with Gasteiger partial charge >= 0.3 is 5.97 Å². The predicted molar refractivity (Wildman–Crippen MR) is 109 cm³/mol. The van der Waals surface area contributed by atoms with Crippen LogP contribution in [0.25, 0.3) is 0 Å². The van der Waals surface area contributed by atoms with E-state index < -0.39 is 28.3 Å². The molecule has 7 nitrogen and oxygen atoms in total. The lowest BCUT2D eigenvalue weighted by molar-refractivity contribution is -0.121. The van der Waals surface area contributed by atoms with Gasteiger partial charge in [-0.05, 0) is 36.8 Å². The number of esters is 1. The van der Waals surface area contributed by atoms with Crippen LogP contribution in [-0.2, 0) is 25.1 Å². The summed E-state index contributed by atoms with van der Waals surface area (Å²) in [5, 5.41) is 8.84. The molecule has 8 heteroatoms. The summed E-state index contributed by atoms with van der Waals surface area (Å²) < 4.78 is 27.7. The molecule has 0 atom stereocenters. The molecular weight excluding hydrogens is 392 g/mol. The van der Waals surface area contributed by atoms with Gasteiger partial charge in [-0.2, -0.15) is 5.26 Å². The topological polar surface area (TPSA) is 105 Å². The normalized spacial score (nSPS) is 10.8. The lowest BCUT2D eigenvalue weighted by Crippen LogP contribution is -2.35. The maximum Gasteiger partial charge on any atom is 0.338 e. The molecule has 152 valence electrons. The zero-order chi connectivity index (χ0) is 21.4. The van der Waals surface area contributed by atoms with Crippen LogP contribution in [0.15, 0.2) is 48.5 Å². The number of hydrogen-bond acceptors (Lipinski definition) is 6. The van der Waals surface area contributed by atoms with Gasteiger partial charge in [0.15, 0.2) is 16.4 Å². The molecule has 2 rings (SSSR count). The van der Waals surface area contributed by atoms with E-state index >= 15 is 0 Å². The highest BCUT2D eigenvalue weighted by Gasteiger charge is 2.18. The molecule has 0 saturated heterocycles. The van der Waals surface area contributed by atoms with Crippen molar-refractivity contribution in [2.45, 2.75) is 19.1 Å². The van der Waals surface area contributed by atoms with Crippen LogP contribution >= 0.6 is 0 Å². The van der Waals surface area contributed by atoms with Gasteiger partial charge in [0.25, 0.3) is 5.91 Å². The number of nitrogens with zero attached hydrogens (tertiary/aromatic N) is 2. The summed E-state index contributed by atoms with van der Waals surface area (Å²) in [4.78, 5) is 26.2. The molecule has 0 radical (unpaired) electrons. The molecule has 0 heterocycles. The first-order chi connectivity index (χ1) is 13.7. The van der Waals surface area contributed by atoms with Gasteiger partial charge in [0.05, 0.1) is 23.8 Å². The number of anilines is 1. The van der Waals surface area contributed by atoms with E-state index in [2.05, 4.69) is 0 Å². The minimum Gasteiger partial charge on any atom is -0.452 e. The monoisotopic (exact) mass is 414 g/mol. The molecule has 0 spiro atoms. The molecule has 0 fully saturated rings. The average molecular weight is 414 g/mol. The molecule has 0 aromatic heterocycles. The Bertz CT molecular complexity index is 1010. The quantitative estimate of drug-likeness (QED) is 0.615. The Hall–Kier alpha value is -3.18. The van der Waals surface area contributed by atoms with Crippen molar-refractivity contribution in [3.8, 4) is 6.07 Å². The SMILES string of the molecule is Cc1ccc(N(CCC#N)C(=O)COC(=O)c2ccc(CS(C)(=O)=O)cc2)cc1.